The number of hydrogen-bond donors (Lipinski definition) is 1. The van der Waals surface area contributed by atoms with Crippen LogP contribution in [0.4, 0.5) is 0 Å². The average molecular weight is 237 g/mol. The third kappa shape index (κ3) is 5.36. The van der Waals surface area contributed by atoms with Crippen LogP contribution in [0.2, 0.25) is 0 Å². The molecule has 0 atom stereocenters. The highest BCUT2D eigenvalue weighted by Crippen LogP contribution is 2.11. The maximum Gasteiger partial charge on any atom is 0.307 e. The Labute approximate surface area is 102 Å². The van der Waals surface area contributed by atoms with E-state index >= 15 is 0 Å². The molecule has 0 unspecified atom stereocenters. The van der Waals surface area contributed by atoms with E-state index in [0.717, 1.165) is 12.1 Å². The number of esters is 1. The normalized spacial score (nSPS) is 10.5. The molecule has 0 heterocycles. The number of aromatic hydroxyl groups is 1. The van der Waals surface area contributed by atoms with Crippen molar-refractivity contribution in [3.8, 4) is 5.75 Å². The second-order valence-electron chi connectivity index (χ2n) is 3.96. The van der Waals surface area contributed by atoms with Crippen molar-refractivity contribution >= 4 is 5.97 Å². The summed E-state index contributed by atoms with van der Waals surface area (Å²) in [6.07, 6.45) is 0.405. The Morgan fingerprint density at radius 1 is 1.35 bits per heavy atom. The molecule has 0 saturated heterocycles. The van der Waals surface area contributed by atoms with Crippen molar-refractivity contribution < 1.29 is 14.6 Å². The summed E-state index contributed by atoms with van der Waals surface area (Å²) in [6.45, 7) is 3.65. The number of benzene rings is 1. The zero-order valence-electron chi connectivity index (χ0n) is 10.3. The van der Waals surface area contributed by atoms with Gasteiger partial charge in [-0.3, -0.25) is 4.79 Å². The number of phenols is 1. The van der Waals surface area contributed by atoms with E-state index in [4.69, 9.17) is 9.84 Å². The molecule has 1 aromatic carbocycles. The van der Waals surface area contributed by atoms with E-state index in [9.17, 15) is 4.79 Å². The minimum Gasteiger partial charge on any atom is -0.508 e. The van der Waals surface area contributed by atoms with Crippen LogP contribution in [0.25, 0.3) is 0 Å². The van der Waals surface area contributed by atoms with Gasteiger partial charge in [-0.1, -0.05) is 12.1 Å². The second kappa shape index (κ2) is 6.91. The number of carbonyl (C=O) groups excluding carboxylic acids is 1. The molecule has 0 bridgehead atoms. The van der Waals surface area contributed by atoms with Crippen molar-refractivity contribution in [1.82, 2.24) is 4.90 Å². The molecule has 0 aliphatic heterocycles. The molecule has 0 radical (unpaired) electrons. The zero-order chi connectivity index (χ0) is 12.7. The molecule has 0 fully saturated rings. The third-order valence-electron chi connectivity index (χ3n) is 2.39. The lowest BCUT2D eigenvalue weighted by atomic mass is 10.2. The number of ether oxygens (including phenoxy) is 1. The highest BCUT2D eigenvalue weighted by atomic mass is 16.5. The molecule has 0 amide bonds. The SMILES string of the molecule is CCOC(=O)CCN(C)Cc1ccc(O)cc1. The van der Waals surface area contributed by atoms with Crippen LogP contribution in [0.3, 0.4) is 0 Å². The van der Waals surface area contributed by atoms with Crippen LogP contribution in [0.1, 0.15) is 18.9 Å². The summed E-state index contributed by atoms with van der Waals surface area (Å²) < 4.78 is 4.86. The Balaban J connectivity index is 2.31. The minimum absolute atomic E-state index is 0.162. The Kier molecular flexibility index (Phi) is 5.49. The molecule has 0 saturated carbocycles. The Bertz CT molecular complexity index is 348. The Morgan fingerprint density at radius 3 is 2.59 bits per heavy atom. The molecule has 1 aromatic rings. The van der Waals surface area contributed by atoms with E-state index in [1.54, 1.807) is 19.1 Å². The summed E-state index contributed by atoms with van der Waals surface area (Å²) in [5.41, 5.74) is 1.11. The summed E-state index contributed by atoms with van der Waals surface area (Å²) in [7, 11) is 1.95. The number of hydrogen-bond acceptors (Lipinski definition) is 4. The van der Waals surface area contributed by atoms with Crippen molar-refractivity contribution in [2.75, 3.05) is 20.2 Å². The first-order valence-electron chi connectivity index (χ1n) is 5.74. The van der Waals surface area contributed by atoms with Gasteiger partial charge < -0.3 is 14.7 Å². The van der Waals surface area contributed by atoms with Crippen LogP contribution in [0.15, 0.2) is 24.3 Å². The van der Waals surface area contributed by atoms with E-state index < -0.39 is 0 Å². The summed E-state index contributed by atoms with van der Waals surface area (Å²) >= 11 is 0. The Hall–Kier alpha value is -1.55. The second-order valence-corrected chi connectivity index (χ2v) is 3.96. The van der Waals surface area contributed by atoms with Gasteiger partial charge in [0.15, 0.2) is 0 Å². The standard InChI is InChI=1S/C13H19NO3/c1-3-17-13(16)8-9-14(2)10-11-4-6-12(15)7-5-11/h4-7,15H,3,8-10H2,1-2H3. The highest BCUT2D eigenvalue weighted by molar-refractivity contribution is 5.69. The van der Waals surface area contributed by atoms with Gasteiger partial charge in [-0.2, -0.15) is 0 Å². The van der Waals surface area contributed by atoms with E-state index in [1.807, 2.05) is 24.1 Å². The maximum atomic E-state index is 11.2. The highest BCUT2D eigenvalue weighted by Gasteiger charge is 2.05. The van der Waals surface area contributed by atoms with Crippen molar-refractivity contribution in [2.24, 2.45) is 0 Å². The van der Waals surface area contributed by atoms with Crippen molar-refractivity contribution in [3.63, 3.8) is 0 Å². The summed E-state index contributed by atoms with van der Waals surface area (Å²) in [5, 5.41) is 9.15. The maximum absolute atomic E-state index is 11.2. The third-order valence-corrected chi connectivity index (χ3v) is 2.39. The molecule has 17 heavy (non-hydrogen) atoms. The fourth-order valence-electron chi connectivity index (χ4n) is 1.51. The van der Waals surface area contributed by atoms with Crippen molar-refractivity contribution in [3.05, 3.63) is 29.8 Å². The summed E-state index contributed by atoms with van der Waals surface area (Å²) in [6, 6.07) is 7.06. The van der Waals surface area contributed by atoms with Gasteiger partial charge in [0.25, 0.3) is 0 Å². The first-order valence-corrected chi connectivity index (χ1v) is 5.74. The largest absolute Gasteiger partial charge is 0.508 e. The molecule has 4 nitrogen and oxygen atoms in total. The molecular weight excluding hydrogens is 218 g/mol. The van der Waals surface area contributed by atoms with Crippen molar-refractivity contribution in [1.29, 1.82) is 0 Å². The number of phenolic OH excluding ortho intramolecular Hbond substituents is 1. The molecule has 4 heteroatoms. The fourth-order valence-corrected chi connectivity index (χ4v) is 1.51. The van der Waals surface area contributed by atoms with E-state index in [1.165, 1.54) is 0 Å². The van der Waals surface area contributed by atoms with E-state index in [-0.39, 0.29) is 11.7 Å². The molecule has 1 rings (SSSR count). The molecule has 0 aliphatic rings. The van der Waals surface area contributed by atoms with Gasteiger partial charge in [-0.15, -0.1) is 0 Å². The van der Waals surface area contributed by atoms with Gasteiger partial charge in [0, 0.05) is 13.1 Å². The topological polar surface area (TPSA) is 49.8 Å². The first-order chi connectivity index (χ1) is 8.11. The lowest BCUT2D eigenvalue weighted by molar-refractivity contribution is -0.143. The molecular formula is C13H19NO3. The van der Waals surface area contributed by atoms with Crippen molar-refractivity contribution in [2.45, 2.75) is 19.9 Å². The van der Waals surface area contributed by atoms with E-state index in [0.29, 0.717) is 19.6 Å². The zero-order valence-corrected chi connectivity index (χ0v) is 10.3. The molecule has 1 N–H and O–H groups in total. The molecule has 0 aromatic heterocycles. The van der Waals surface area contributed by atoms with E-state index in [2.05, 4.69) is 0 Å². The van der Waals surface area contributed by atoms with Crippen LogP contribution < -0.4 is 0 Å². The van der Waals surface area contributed by atoms with Crippen LogP contribution in [-0.2, 0) is 16.1 Å². The van der Waals surface area contributed by atoms with Crippen LogP contribution in [0, 0.1) is 0 Å². The quantitative estimate of drug-likeness (QED) is 0.766. The lowest BCUT2D eigenvalue weighted by Crippen LogP contribution is -2.22. The summed E-state index contributed by atoms with van der Waals surface area (Å²) in [4.78, 5) is 13.2. The lowest BCUT2D eigenvalue weighted by Gasteiger charge is -2.16. The van der Waals surface area contributed by atoms with Gasteiger partial charge in [-0.25, -0.2) is 0 Å². The average Bonchev–Trinajstić information content (AvgIpc) is 2.30. The number of rotatable bonds is 6. The van der Waals surface area contributed by atoms with Gasteiger partial charge >= 0.3 is 5.97 Å². The minimum atomic E-state index is -0.162. The van der Waals surface area contributed by atoms with Crippen LogP contribution in [-0.4, -0.2) is 36.2 Å². The van der Waals surface area contributed by atoms with Crippen LogP contribution >= 0.6 is 0 Å². The monoisotopic (exact) mass is 237 g/mol. The number of carbonyl (C=O) groups is 1. The number of nitrogens with zero attached hydrogens (tertiary/aromatic N) is 1. The molecule has 0 spiro atoms. The predicted molar refractivity (Wildman–Crippen MR) is 65.7 cm³/mol. The van der Waals surface area contributed by atoms with Gasteiger partial charge in [-0.05, 0) is 31.7 Å². The molecule has 94 valence electrons. The summed E-state index contributed by atoms with van der Waals surface area (Å²) in [5.74, 6) is 0.105. The fraction of sp³-hybridized carbons (Fsp3) is 0.462. The molecule has 0 aliphatic carbocycles. The van der Waals surface area contributed by atoms with Gasteiger partial charge in [0.2, 0.25) is 0 Å². The van der Waals surface area contributed by atoms with Crippen LogP contribution in [0.5, 0.6) is 5.75 Å². The first kappa shape index (κ1) is 13.5. The smallest absolute Gasteiger partial charge is 0.307 e. The predicted octanol–water partition coefficient (Wildman–Crippen LogP) is 1.78. The Morgan fingerprint density at radius 2 is 2.00 bits per heavy atom. The van der Waals surface area contributed by atoms with Gasteiger partial charge in [0.05, 0.1) is 13.0 Å². The van der Waals surface area contributed by atoms with Gasteiger partial charge in [0.1, 0.15) is 5.75 Å².